The van der Waals surface area contributed by atoms with E-state index in [1.54, 1.807) is 0 Å². The molecule has 0 aromatic rings. The minimum Gasteiger partial charge on any atom is -0.353 e. The molecule has 0 aliphatic carbocycles. The lowest BCUT2D eigenvalue weighted by molar-refractivity contribution is -0.251. The first kappa shape index (κ1) is 12.0. The van der Waals surface area contributed by atoms with Crippen LogP contribution in [0, 0.1) is 0 Å². The molecule has 0 aliphatic rings. The molecule has 5 nitrogen and oxygen atoms in total. The average Bonchev–Trinajstić information content (AvgIpc) is 2.06. The van der Waals surface area contributed by atoms with Crippen molar-refractivity contribution in [2.75, 3.05) is 27.4 Å². The molecule has 0 rings (SSSR count). The number of hydrogen-bond donors (Lipinski definition) is 0. The van der Waals surface area contributed by atoms with Gasteiger partial charge in [-0.05, 0) is 13.8 Å². The highest BCUT2D eigenvalue weighted by Gasteiger charge is 2.45. The van der Waals surface area contributed by atoms with Crippen molar-refractivity contribution in [3.63, 3.8) is 0 Å². The molecular weight excluding hydrogens is 180 g/mol. The van der Waals surface area contributed by atoms with Gasteiger partial charge in [0.25, 0.3) is 0 Å². The second-order valence-corrected chi connectivity index (χ2v) is 3.97. The van der Waals surface area contributed by atoms with Gasteiger partial charge in [0.15, 0.2) is 0 Å². The van der Waals surface area contributed by atoms with E-state index in [1.165, 1.54) is 14.2 Å². The van der Waals surface area contributed by atoms with Crippen LogP contribution in [0.25, 0.3) is 0 Å². The zero-order chi connectivity index (χ0) is 9.45. The molecule has 0 N–H and O–H groups in total. The van der Waals surface area contributed by atoms with Crippen molar-refractivity contribution in [3.05, 3.63) is 0 Å². The SMILES string of the molecule is CCO[Si](OC)(OCC)OOC. The van der Waals surface area contributed by atoms with Crippen LogP contribution in [-0.2, 0) is 22.7 Å². The van der Waals surface area contributed by atoms with Gasteiger partial charge in [-0.15, -0.1) is 0 Å². The Balaban J connectivity index is 4.06. The van der Waals surface area contributed by atoms with E-state index in [4.69, 9.17) is 17.9 Å². The van der Waals surface area contributed by atoms with E-state index in [2.05, 4.69) is 4.89 Å². The summed E-state index contributed by atoms with van der Waals surface area (Å²) < 4.78 is 20.3. The minimum atomic E-state index is -2.99. The molecule has 0 spiro atoms. The van der Waals surface area contributed by atoms with Gasteiger partial charge in [-0.2, -0.15) is 4.58 Å². The predicted octanol–water partition coefficient (Wildman–Crippen LogP) is 0.719. The molecule has 0 atom stereocenters. The first-order chi connectivity index (χ1) is 5.74. The van der Waals surface area contributed by atoms with Gasteiger partial charge in [-0.25, -0.2) is 4.89 Å². The topological polar surface area (TPSA) is 46.2 Å². The smallest absolute Gasteiger partial charge is 0.353 e. The molecule has 0 fully saturated rings. The van der Waals surface area contributed by atoms with Crippen molar-refractivity contribution in [2.45, 2.75) is 13.8 Å². The van der Waals surface area contributed by atoms with E-state index >= 15 is 0 Å². The van der Waals surface area contributed by atoms with Crippen molar-refractivity contribution in [2.24, 2.45) is 0 Å². The van der Waals surface area contributed by atoms with Crippen LogP contribution in [0.2, 0.25) is 0 Å². The van der Waals surface area contributed by atoms with Crippen LogP contribution in [0.5, 0.6) is 0 Å². The summed E-state index contributed by atoms with van der Waals surface area (Å²) in [5.41, 5.74) is 0. The molecule has 0 unspecified atom stereocenters. The third-order valence-corrected chi connectivity index (χ3v) is 3.23. The van der Waals surface area contributed by atoms with Gasteiger partial charge in [0.1, 0.15) is 0 Å². The molecule has 0 amide bonds. The third-order valence-electron chi connectivity index (χ3n) is 1.08. The van der Waals surface area contributed by atoms with E-state index in [1.807, 2.05) is 13.8 Å². The summed E-state index contributed by atoms with van der Waals surface area (Å²) in [6.07, 6.45) is 0. The van der Waals surface area contributed by atoms with Gasteiger partial charge in [-0.1, -0.05) is 0 Å². The Hall–Kier alpha value is 0.0169. The van der Waals surface area contributed by atoms with Gasteiger partial charge in [-0.3, -0.25) is 0 Å². The summed E-state index contributed by atoms with van der Waals surface area (Å²) in [7, 11) is -0.135. The molecule has 0 aliphatic heterocycles. The van der Waals surface area contributed by atoms with E-state index < -0.39 is 9.05 Å². The molecule has 0 aromatic carbocycles. The Labute approximate surface area is 73.9 Å². The fourth-order valence-corrected chi connectivity index (χ4v) is 2.09. The lowest BCUT2D eigenvalue weighted by Gasteiger charge is -2.23. The van der Waals surface area contributed by atoms with Crippen LogP contribution in [0.4, 0.5) is 0 Å². The summed E-state index contributed by atoms with van der Waals surface area (Å²) in [6.45, 7) is 4.59. The molecule has 0 heterocycles. The van der Waals surface area contributed by atoms with Crippen LogP contribution < -0.4 is 0 Å². The molecule has 74 valence electrons. The summed E-state index contributed by atoms with van der Waals surface area (Å²) in [6, 6.07) is 0. The van der Waals surface area contributed by atoms with Crippen molar-refractivity contribution >= 4 is 9.05 Å². The van der Waals surface area contributed by atoms with Crippen LogP contribution in [0.15, 0.2) is 0 Å². The highest BCUT2D eigenvalue weighted by Crippen LogP contribution is 2.09. The van der Waals surface area contributed by atoms with Gasteiger partial charge in [0.05, 0.1) is 7.11 Å². The highest BCUT2D eigenvalue weighted by atomic mass is 28.4. The second kappa shape index (κ2) is 6.52. The van der Waals surface area contributed by atoms with Crippen LogP contribution >= 0.6 is 0 Å². The lowest BCUT2D eigenvalue weighted by Crippen LogP contribution is -2.48. The Morgan fingerprint density at radius 3 is 1.75 bits per heavy atom. The lowest BCUT2D eigenvalue weighted by atomic mass is 10.9. The van der Waals surface area contributed by atoms with Crippen molar-refractivity contribution in [1.82, 2.24) is 0 Å². The highest BCUT2D eigenvalue weighted by molar-refractivity contribution is 6.53. The van der Waals surface area contributed by atoms with Crippen LogP contribution in [0.3, 0.4) is 0 Å². The number of rotatable bonds is 7. The van der Waals surface area contributed by atoms with E-state index in [9.17, 15) is 0 Å². The van der Waals surface area contributed by atoms with Crippen LogP contribution in [-0.4, -0.2) is 36.5 Å². The molecule has 12 heavy (non-hydrogen) atoms. The summed E-state index contributed by atoms with van der Waals surface area (Å²) in [5.74, 6) is 0. The normalized spacial score (nSPS) is 12.0. The molecule has 0 saturated carbocycles. The summed E-state index contributed by atoms with van der Waals surface area (Å²) >= 11 is 0. The van der Waals surface area contributed by atoms with Gasteiger partial charge < -0.3 is 13.3 Å². The maximum Gasteiger partial charge on any atom is 0.707 e. The Kier molecular flexibility index (Phi) is 6.53. The largest absolute Gasteiger partial charge is 0.707 e. The van der Waals surface area contributed by atoms with Crippen molar-refractivity contribution in [3.8, 4) is 0 Å². The fourth-order valence-electron chi connectivity index (χ4n) is 0.697. The molecule has 0 radical (unpaired) electrons. The van der Waals surface area contributed by atoms with E-state index in [-0.39, 0.29) is 0 Å². The second-order valence-electron chi connectivity index (χ2n) is 1.82. The minimum absolute atomic E-state index is 0.462. The zero-order valence-corrected chi connectivity index (χ0v) is 8.96. The van der Waals surface area contributed by atoms with E-state index in [0.29, 0.717) is 13.2 Å². The Morgan fingerprint density at radius 2 is 1.50 bits per heavy atom. The fraction of sp³-hybridized carbons (Fsp3) is 1.00. The Bertz CT molecular complexity index is 93.1. The predicted molar refractivity (Wildman–Crippen MR) is 44.1 cm³/mol. The third kappa shape index (κ3) is 3.61. The molecule has 0 aromatic heterocycles. The quantitative estimate of drug-likeness (QED) is 0.341. The van der Waals surface area contributed by atoms with Crippen molar-refractivity contribution < 1.29 is 22.7 Å². The summed E-state index contributed by atoms with van der Waals surface area (Å²) in [5, 5.41) is 0. The standard InChI is InChI=1S/C6H16O5Si/c1-5-9-12(8-4,10-6-2)11-7-3/h5-6H2,1-4H3. The maximum absolute atomic E-state index is 5.21. The van der Waals surface area contributed by atoms with Crippen molar-refractivity contribution in [1.29, 1.82) is 0 Å². The van der Waals surface area contributed by atoms with Crippen LogP contribution in [0.1, 0.15) is 13.8 Å². The van der Waals surface area contributed by atoms with E-state index in [0.717, 1.165) is 0 Å². The molecular formula is C6H16O5Si. The maximum atomic E-state index is 5.21. The molecule has 6 heteroatoms. The zero-order valence-electron chi connectivity index (χ0n) is 7.96. The molecule has 0 saturated heterocycles. The summed E-state index contributed by atoms with van der Waals surface area (Å²) in [4.78, 5) is 4.49. The van der Waals surface area contributed by atoms with Gasteiger partial charge >= 0.3 is 9.05 Å². The number of hydrogen-bond acceptors (Lipinski definition) is 5. The monoisotopic (exact) mass is 196 g/mol. The first-order valence-corrected chi connectivity index (χ1v) is 5.42. The van der Waals surface area contributed by atoms with Gasteiger partial charge in [0.2, 0.25) is 0 Å². The Morgan fingerprint density at radius 1 is 1.00 bits per heavy atom. The average molecular weight is 196 g/mol. The van der Waals surface area contributed by atoms with Gasteiger partial charge in [0, 0.05) is 20.3 Å². The molecule has 0 bridgehead atoms. The first-order valence-electron chi connectivity index (χ1n) is 3.79.